The third-order valence-electron chi connectivity index (χ3n) is 5.77. The molecule has 0 saturated carbocycles. The number of H-pyrrole nitrogens is 1. The molecule has 0 atom stereocenters. The van der Waals surface area contributed by atoms with E-state index >= 15 is 0 Å². The lowest BCUT2D eigenvalue weighted by molar-refractivity contribution is 0.415. The van der Waals surface area contributed by atoms with Crippen LogP contribution in [0.3, 0.4) is 0 Å². The molecule has 0 unspecified atom stereocenters. The number of nitrogens with zero attached hydrogens (tertiary/aromatic N) is 2. The number of aromatic amines is 1. The first-order valence-electron chi connectivity index (χ1n) is 11.7. The van der Waals surface area contributed by atoms with Gasteiger partial charge in [-0.05, 0) is 59.9 Å². The largest absolute Gasteiger partial charge is 0.497 e. The molecule has 0 radical (unpaired) electrons. The fraction of sp³-hybridized carbons (Fsp3) is 0.172. The average Bonchev–Trinajstić information content (AvgIpc) is 3.34. The molecular formula is C29H27N3OS2. The highest BCUT2D eigenvalue weighted by Gasteiger charge is 2.14. The Kier molecular flexibility index (Phi) is 7.71. The van der Waals surface area contributed by atoms with E-state index in [0.29, 0.717) is 0 Å². The number of hydrogen-bond acceptors (Lipinski definition) is 5. The van der Waals surface area contributed by atoms with Gasteiger partial charge in [0.2, 0.25) is 0 Å². The van der Waals surface area contributed by atoms with Gasteiger partial charge < -0.3 is 9.72 Å². The Bertz CT molecular complexity index is 1370. The number of methoxy groups -OCH3 is 1. The van der Waals surface area contributed by atoms with Crippen LogP contribution >= 0.6 is 23.5 Å². The first-order chi connectivity index (χ1) is 17.3. The second kappa shape index (κ2) is 11.5. The summed E-state index contributed by atoms with van der Waals surface area (Å²) in [6, 6.07) is 31.4. The van der Waals surface area contributed by atoms with Crippen molar-refractivity contribution in [3.8, 4) is 17.0 Å². The molecule has 5 rings (SSSR count). The quantitative estimate of drug-likeness (QED) is 0.125. The zero-order valence-corrected chi connectivity index (χ0v) is 21.2. The number of fused-ring (bicyclic) bond motifs is 1. The number of aromatic nitrogens is 3. The Labute approximate surface area is 214 Å². The third kappa shape index (κ3) is 6.08. The molecule has 0 aliphatic carbocycles. The van der Waals surface area contributed by atoms with E-state index in [4.69, 9.17) is 14.7 Å². The molecule has 0 aliphatic rings. The smallest absolute Gasteiger partial charge is 0.190 e. The molecular weight excluding hydrogens is 470 g/mol. The SMILES string of the molecule is COc1ccc(-c2cc3c(SCCc4ccccc4)nc(SCCc4ccccc4)nc3[nH]2)cc1. The third-order valence-corrected chi connectivity index (χ3v) is 7.61. The van der Waals surface area contributed by atoms with E-state index in [1.165, 1.54) is 11.1 Å². The van der Waals surface area contributed by atoms with Gasteiger partial charge in [0.05, 0.1) is 12.5 Å². The van der Waals surface area contributed by atoms with E-state index < -0.39 is 0 Å². The summed E-state index contributed by atoms with van der Waals surface area (Å²) in [5.41, 5.74) is 5.70. The van der Waals surface area contributed by atoms with Crippen LogP contribution in [0.5, 0.6) is 5.75 Å². The van der Waals surface area contributed by atoms with Crippen LogP contribution in [0.4, 0.5) is 0 Å². The number of nitrogens with one attached hydrogen (secondary N) is 1. The van der Waals surface area contributed by atoms with Crippen LogP contribution in [0.1, 0.15) is 11.1 Å². The zero-order valence-electron chi connectivity index (χ0n) is 19.6. The summed E-state index contributed by atoms with van der Waals surface area (Å²) in [5.74, 6) is 2.75. The van der Waals surface area contributed by atoms with Crippen LogP contribution in [0.15, 0.2) is 101 Å². The maximum atomic E-state index is 5.31. The second-order valence-corrected chi connectivity index (χ2v) is 10.3. The van der Waals surface area contributed by atoms with Crippen LogP contribution in [0, 0.1) is 0 Å². The molecule has 176 valence electrons. The van der Waals surface area contributed by atoms with Crippen LogP contribution in [-0.4, -0.2) is 33.6 Å². The van der Waals surface area contributed by atoms with Gasteiger partial charge in [0, 0.05) is 17.2 Å². The van der Waals surface area contributed by atoms with Crippen molar-refractivity contribution in [3.05, 3.63) is 102 Å². The number of ether oxygens (including phenoxy) is 1. The van der Waals surface area contributed by atoms with E-state index in [9.17, 15) is 0 Å². The van der Waals surface area contributed by atoms with Crippen molar-refractivity contribution in [1.29, 1.82) is 0 Å². The predicted molar refractivity (Wildman–Crippen MR) is 148 cm³/mol. The van der Waals surface area contributed by atoms with Gasteiger partial charge in [-0.1, -0.05) is 72.4 Å². The lowest BCUT2D eigenvalue weighted by Crippen LogP contribution is -1.96. The van der Waals surface area contributed by atoms with E-state index in [1.807, 2.05) is 12.1 Å². The number of hydrogen-bond donors (Lipinski definition) is 1. The monoisotopic (exact) mass is 497 g/mol. The highest BCUT2D eigenvalue weighted by atomic mass is 32.2. The minimum Gasteiger partial charge on any atom is -0.497 e. The Hall–Kier alpha value is -3.22. The molecule has 1 N–H and O–H groups in total. The van der Waals surface area contributed by atoms with Gasteiger partial charge in [-0.2, -0.15) is 0 Å². The molecule has 6 heteroatoms. The highest BCUT2D eigenvalue weighted by Crippen LogP contribution is 2.32. The first-order valence-corrected chi connectivity index (χ1v) is 13.6. The molecule has 4 nitrogen and oxygen atoms in total. The molecule has 0 bridgehead atoms. The maximum Gasteiger partial charge on any atom is 0.190 e. The number of thioether (sulfide) groups is 2. The van der Waals surface area contributed by atoms with Gasteiger partial charge in [-0.25, -0.2) is 9.97 Å². The van der Waals surface area contributed by atoms with Crippen LogP contribution in [-0.2, 0) is 12.8 Å². The summed E-state index contributed by atoms with van der Waals surface area (Å²) in [7, 11) is 1.68. The van der Waals surface area contributed by atoms with Crippen LogP contribution in [0.25, 0.3) is 22.3 Å². The summed E-state index contributed by atoms with van der Waals surface area (Å²) in [6.07, 6.45) is 1.99. The summed E-state index contributed by atoms with van der Waals surface area (Å²) in [6.45, 7) is 0. The van der Waals surface area contributed by atoms with Gasteiger partial charge in [-0.15, -0.1) is 11.8 Å². The lowest BCUT2D eigenvalue weighted by atomic mass is 10.1. The van der Waals surface area contributed by atoms with Crippen molar-refractivity contribution in [1.82, 2.24) is 15.0 Å². The maximum absolute atomic E-state index is 5.31. The summed E-state index contributed by atoms with van der Waals surface area (Å²) in [5, 5.41) is 2.92. The van der Waals surface area contributed by atoms with Crippen molar-refractivity contribution in [2.45, 2.75) is 23.0 Å². The van der Waals surface area contributed by atoms with E-state index in [-0.39, 0.29) is 0 Å². The zero-order chi connectivity index (χ0) is 23.9. The number of benzene rings is 3. The molecule has 2 heterocycles. The molecule has 0 spiro atoms. The first kappa shape index (κ1) is 23.5. The van der Waals surface area contributed by atoms with Crippen molar-refractivity contribution in [2.75, 3.05) is 18.6 Å². The van der Waals surface area contributed by atoms with E-state index in [2.05, 4.69) is 83.8 Å². The number of aryl methyl sites for hydroxylation is 2. The summed E-state index contributed by atoms with van der Waals surface area (Å²) in [4.78, 5) is 13.4. The standard InChI is InChI=1S/C29H27N3OS2/c1-33-24-14-12-23(13-15-24)26-20-25-27(30-26)31-29(35-19-17-22-10-6-3-7-11-22)32-28(25)34-18-16-21-8-4-2-5-9-21/h2-15,20H,16-19H2,1H3,(H,30,31,32). The normalized spacial score (nSPS) is 11.1. The van der Waals surface area contributed by atoms with Crippen molar-refractivity contribution in [3.63, 3.8) is 0 Å². The fourth-order valence-corrected chi connectivity index (χ4v) is 5.76. The van der Waals surface area contributed by atoms with E-state index in [0.717, 1.165) is 62.6 Å². The Morgan fingerprint density at radius 1 is 0.743 bits per heavy atom. The predicted octanol–water partition coefficient (Wildman–Crippen LogP) is 7.30. The van der Waals surface area contributed by atoms with Crippen molar-refractivity contribution in [2.24, 2.45) is 0 Å². The van der Waals surface area contributed by atoms with Gasteiger partial charge >= 0.3 is 0 Å². The molecule has 0 amide bonds. The van der Waals surface area contributed by atoms with Crippen molar-refractivity contribution < 1.29 is 4.74 Å². The molecule has 0 aliphatic heterocycles. The fourth-order valence-electron chi connectivity index (χ4n) is 3.88. The average molecular weight is 498 g/mol. The van der Waals surface area contributed by atoms with Gasteiger partial charge in [0.25, 0.3) is 0 Å². The van der Waals surface area contributed by atoms with Crippen molar-refractivity contribution >= 4 is 34.6 Å². The highest BCUT2D eigenvalue weighted by molar-refractivity contribution is 8.00. The second-order valence-electron chi connectivity index (χ2n) is 8.15. The Morgan fingerprint density at radius 3 is 2.00 bits per heavy atom. The van der Waals surface area contributed by atoms with E-state index in [1.54, 1.807) is 30.6 Å². The minimum absolute atomic E-state index is 0.818. The minimum atomic E-state index is 0.818. The topological polar surface area (TPSA) is 50.8 Å². The molecule has 0 saturated heterocycles. The van der Waals surface area contributed by atoms with Crippen LogP contribution < -0.4 is 4.74 Å². The number of rotatable bonds is 10. The summed E-state index contributed by atoms with van der Waals surface area (Å²) >= 11 is 3.51. The Morgan fingerprint density at radius 2 is 1.37 bits per heavy atom. The molecule has 35 heavy (non-hydrogen) atoms. The van der Waals surface area contributed by atoms with Crippen LogP contribution in [0.2, 0.25) is 0 Å². The molecule has 5 aromatic rings. The Balaban J connectivity index is 1.39. The molecule has 0 fully saturated rings. The molecule has 2 aromatic heterocycles. The lowest BCUT2D eigenvalue weighted by Gasteiger charge is -2.06. The van der Waals surface area contributed by atoms with Gasteiger partial charge in [0.1, 0.15) is 16.4 Å². The van der Waals surface area contributed by atoms with Gasteiger partial charge in [-0.3, -0.25) is 0 Å². The van der Waals surface area contributed by atoms with Gasteiger partial charge in [0.15, 0.2) is 5.16 Å². The molecule has 3 aromatic carbocycles. The summed E-state index contributed by atoms with van der Waals surface area (Å²) < 4.78 is 5.31.